The molecule has 0 atom stereocenters. The maximum atomic E-state index is 10.5. The summed E-state index contributed by atoms with van der Waals surface area (Å²) in [5, 5.41) is 20.6. The molecule has 0 bridgehead atoms. The standard InChI is InChI=1S/C4H3N5O3/c5-3(10)1-2(4(11)12)7-9-8-6-1/h(H2,5,10)(H,11,12). The van der Waals surface area contributed by atoms with Crippen LogP contribution in [-0.2, 0) is 0 Å². The number of carboxylic acids is 1. The average molecular weight is 169 g/mol. The van der Waals surface area contributed by atoms with Crippen molar-refractivity contribution in [2.24, 2.45) is 5.73 Å². The molecule has 8 heteroatoms. The van der Waals surface area contributed by atoms with Crippen molar-refractivity contribution in [3.05, 3.63) is 11.4 Å². The van der Waals surface area contributed by atoms with Crippen LogP contribution in [0.25, 0.3) is 0 Å². The molecule has 0 unspecified atom stereocenters. The minimum absolute atomic E-state index is 0.502. The molecule has 0 aliphatic heterocycles. The van der Waals surface area contributed by atoms with Crippen molar-refractivity contribution in [2.45, 2.75) is 0 Å². The van der Waals surface area contributed by atoms with Gasteiger partial charge in [0.2, 0.25) is 5.69 Å². The van der Waals surface area contributed by atoms with Crippen LogP contribution in [0, 0.1) is 0 Å². The molecule has 1 amide bonds. The fourth-order valence-corrected chi connectivity index (χ4v) is 0.534. The molecule has 12 heavy (non-hydrogen) atoms. The number of nitrogens with two attached hydrogens (primary N) is 1. The van der Waals surface area contributed by atoms with E-state index in [4.69, 9.17) is 10.8 Å². The van der Waals surface area contributed by atoms with Gasteiger partial charge in [-0.1, -0.05) is 0 Å². The highest BCUT2D eigenvalue weighted by Crippen LogP contribution is 1.96. The number of nitrogens with zero attached hydrogens (tertiary/aromatic N) is 4. The van der Waals surface area contributed by atoms with Gasteiger partial charge in [-0.15, -0.1) is 10.2 Å². The topological polar surface area (TPSA) is 132 Å². The largest absolute Gasteiger partial charge is 0.476 e. The molecule has 1 aromatic rings. The first-order chi connectivity index (χ1) is 5.63. The zero-order chi connectivity index (χ0) is 9.14. The second-order valence-corrected chi connectivity index (χ2v) is 1.75. The zero-order valence-electron chi connectivity index (χ0n) is 5.63. The molecule has 0 radical (unpaired) electrons. The van der Waals surface area contributed by atoms with Gasteiger partial charge in [-0.05, 0) is 10.4 Å². The SMILES string of the molecule is NC(=O)c1nnnnc1C(=O)O. The fourth-order valence-electron chi connectivity index (χ4n) is 0.534. The molecule has 1 aromatic heterocycles. The van der Waals surface area contributed by atoms with Crippen molar-refractivity contribution in [3.8, 4) is 0 Å². The van der Waals surface area contributed by atoms with E-state index in [1.807, 2.05) is 0 Å². The zero-order valence-corrected chi connectivity index (χ0v) is 5.63. The van der Waals surface area contributed by atoms with Crippen LogP contribution in [-0.4, -0.2) is 37.6 Å². The van der Waals surface area contributed by atoms with E-state index in [1.165, 1.54) is 0 Å². The van der Waals surface area contributed by atoms with Crippen LogP contribution in [0.1, 0.15) is 21.0 Å². The summed E-state index contributed by atoms with van der Waals surface area (Å²) in [6, 6.07) is 0. The lowest BCUT2D eigenvalue weighted by Crippen LogP contribution is -2.21. The molecule has 0 aliphatic rings. The van der Waals surface area contributed by atoms with Gasteiger partial charge in [0, 0.05) is 0 Å². The average Bonchev–Trinajstić information content (AvgIpc) is 2.04. The van der Waals surface area contributed by atoms with E-state index in [0.29, 0.717) is 0 Å². The van der Waals surface area contributed by atoms with E-state index < -0.39 is 23.3 Å². The molecular weight excluding hydrogens is 166 g/mol. The Hall–Kier alpha value is -2.12. The van der Waals surface area contributed by atoms with Gasteiger partial charge in [0.05, 0.1) is 0 Å². The molecule has 62 valence electrons. The number of carboxylic acid groups (broad SMARTS) is 1. The van der Waals surface area contributed by atoms with Gasteiger partial charge >= 0.3 is 5.97 Å². The van der Waals surface area contributed by atoms with E-state index in [1.54, 1.807) is 0 Å². The maximum absolute atomic E-state index is 10.5. The van der Waals surface area contributed by atoms with Crippen LogP contribution in [0.2, 0.25) is 0 Å². The third kappa shape index (κ3) is 1.31. The van der Waals surface area contributed by atoms with Crippen LogP contribution in [0.15, 0.2) is 0 Å². The van der Waals surface area contributed by atoms with Crippen molar-refractivity contribution < 1.29 is 14.7 Å². The highest BCUT2D eigenvalue weighted by Gasteiger charge is 2.18. The lowest BCUT2D eigenvalue weighted by Gasteiger charge is -1.94. The van der Waals surface area contributed by atoms with Crippen LogP contribution >= 0.6 is 0 Å². The molecule has 0 spiro atoms. The Morgan fingerprint density at radius 1 is 1.17 bits per heavy atom. The summed E-state index contributed by atoms with van der Waals surface area (Å²) < 4.78 is 0. The van der Waals surface area contributed by atoms with Crippen LogP contribution in [0.3, 0.4) is 0 Å². The number of hydrogen-bond donors (Lipinski definition) is 2. The first-order valence-corrected chi connectivity index (χ1v) is 2.72. The molecular formula is C4H3N5O3. The third-order valence-corrected chi connectivity index (χ3v) is 0.990. The number of amides is 1. The molecule has 1 rings (SSSR count). The summed E-state index contributed by atoms with van der Waals surface area (Å²) in [5.74, 6) is -2.43. The summed E-state index contributed by atoms with van der Waals surface area (Å²) in [4.78, 5) is 20.9. The van der Waals surface area contributed by atoms with Crippen molar-refractivity contribution in [2.75, 3.05) is 0 Å². The fraction of sp³-hybridized carbons (Fsp3) is 0. The summed E-state index contributed by atoms with van der Waals surface area (Å²) in [6.07, 6.45) is 0. The van der Waals surface area contributed by atoms with E-state index in [2.05, 4.69) is 20.6 Å². The Balaban J connectivity index is 3.27. The van der Waals surface area contributed by atoms with Crippen LogP contribution in [0.4, 0.5) is 0 Å². The van der Waals surface area contributed by atoms with Gasteiger partial charge in [0.1, 0.15) is 0 Å². The van der Waals surface area contributed by atoms with Gasteiger partial charge in [-0.25, -0.2) is 4.79 Å². The number of hydrogen-bond acceptors (Lipinski definition) is 6. The normalized spacial score (nSPS) is 9.33. The number of aromatic carboxylic acids is 1. The molecule has 1 heterocycles. The Morgan fingerprint density at radius 3 is 2.00 bits per heavy atom. The Morgan fingerprint density at radius 2 is 1.67 bits per heavy atom. The number of carbonyl (C=O) groups excluding carboxylic acids is 1. The smallest absolute Gasteiger partial charge is 0.359 e. The predicted octanol–water partition coefficient (Wildman–Crippen LogP) is -1.94. The lowest BCUT2D eigenvalue weighted by molar-refractivity contribution is 0.0681. The first-order valence-electron chi connectivity index (χ1n) is 2.72. The van der Waals surface area contributed by atoms with Gasteiger partial charge < -0.3 is 10.8 Å². The molecule has 0 saturated heterocycles. The molecule has 3 N–H and O–H groups in total. The number of aromatic nitrogens is 4. The minimum Gasteiger partial charge on any atom is -0.476 e. The summed E-state index contributed by atoms with van der Waals surface area (Å²) >= 11 is 0. The number of carbonyl (C=O) groups is 2. The van der Waals surface area contributed by atoms with Gasteiger partial charge in [-0.2, -0.15) is 0 Å². The van der Waals surface area contributed by atoms with Crippen LogP contribution < -0.4 is 5.73 Å². The van der Waals surface area contributed by atoms with Crippen molar-refractivity contribution in [3.63, 3.8) is 0 Å². The Kier molecular flexibility index (Phi) is 1.90. The van der Waals surface area contributed by atoms with E-state index in [-0.39, 0.29) is 0 Å². The minimum atomic E-state index is -1.42. The van der Waals surface area contributed by atoms with E-state index in [0.717, 1.165) is 0 Å². The molecule has 0 aromatic carbocycles. The predicted molar refractivity (Wildman–Crippen MR) is 33.1 cm³/mol. The molecule has 0 saturated carbocycles. The monoisotopic (exact) mass is 169 g/mol. The van der Waals surface area contributed by atoms with Crippen LogP contribution in [0.5, 0.6) is 0 Å². The van der Waals surface area contributed by atoms with Gasteiger partial charge in [0.25, 0.3) is 5.91 Å². The maximum Gasteiger partial charge on any atom is 0.359 e. The molecule has 0 aliphatic carbocycles. The molecule has 8 nitrogen and oxygen atoms in total. The summed E-state index contributed by atoms with van der Waals surface area (Å²) in [6.45, 7) is 0. The summed E-state index contributed by atoms with van der Waals surface area (Å²) in [5.41, 5.74) is 3.68. The first kappa shape index (κ1) is 7.98. The summed E-state index contributed by atoms with van der Waals surface area (Å²) in [7, 11) is 0. The highest BCUT2D eigenvalue weighted by molar-refractivity contribution is 6.00. The quantitative estimate of drug-likeness (QED) is 0.526. The van der Waals surface area contributed by atoms with Crippen molar-refractivity contribution in [1.82, 2.24) is 20.6 Å². The van der Waals surface area contributed by atoms with E-state index >= 15 is 0 Å². The van der Waals surface area contributed by atoms with Crippen molar-refractivity contribution in [1.29, 1.82) is 0 Å². The second kappa shape index (κ2) is 2.86. The molecule has 0 fully saturated rings. The third-order valence-electron chi connectivity index (χ3n) is 0.990. The highest BCUT2D eigenvalue weighted by atomic mass is 16.4. The van der Waals surface area contributed by atoms with Gasteiger partial charge in [0.15, 0.2) is 5.69 Å². The Labute approximate surface area is 65.4 Å². The number of primary amides is 1. The van der Waals surface area contributed by atoms with Crippen molar-refractivity contribution >= 4 is 11.9 Å². The second-order valence-electron chi connectivity index (χ2n) is 1.75. The van der Waals surface area contributed by atoms with Gasteiger partial charge in [-0.3, -0.25) is 4.79 Å². The lowest BCUT2D eigenvalue weighted by atomic mass is 10.3. The Bertz CT molecular complexity index is 304. The number of rotatable bonds is 2. The van der Waals surface area contributed by atoms with E-state index in [9.17, 15) is 9.59 Å².